The molecule has 0 saturated heterocycles. The lowest BCUT2D eigenvalue weighted by molar-refractivity contribution is 0.0652. The van der Waals surface area contributed by atoms with Gasteiger partial charge in [-0.1, -0.05) is 17.3 Å². The van der Waals surface area contributed by atoms with Gasteiger partial charge in [0.1, 0.15) is 5.69 Å². The number of hydrogen-bond acceptors (Lipinski definition) is 3. The maximum Gasteiger partial charge on any atom is 0.374 e. The van der Waals surface area contributed by atoms with Crippen LogP contribution in [0, 0.1) is 6.92 Å². The van der Waals surface area contributed by atoms with Gasteiger partial charge in [0.05, 0.1) is 0 Å². The maximum atomic E-state index is 10.8. The summed E-state index contributed by atoms with van der Waals surface area (Å²) in [6, 6.07) is 5.56. The summed E-state index contributed by atoms with van der Waals surface area (Å²) in [5.41, 5.74) is 5.59. The van der Waals surface area contributed by atoms with Crippen molar-refractivity contribution in [3.05, 3.63) is 40.6 Å². The molecule has 92 valence electrons. The summed E-state index contributed by atoms with van der Waals surface area (Å²) in [4.78, 5) is 10.8. The molecule has 0 unspecified atom stereocenters. The Hall–Kier alpha value is -2.10. The first-order valence-electron chi connectivity index (χ1n) is 5.98. The summed E-state index contributed by atoms with van der Waals surface area (Å²) >= 11 is 0. The highest BCUT2D eigenvalue weighted by atomic mass is 16.5. The predicted molar refractivity (Wildman–Crippen MR) is 65.7 cm³/mol. The summed E-state index contributed by atoms with van der Waals surface area (Å²) < 4.78 is 4.82. The van der Waals surface area contributed by atoms with Gasteiger partial charge in [-0.2, -0.15) is 0 Å². The SMILES string of the molecule is Cc1ccc(-c2cc(C(=O)O)on2)c2c1CCC2. The van der Waals surface area contributed by atoms with Gasteiger partial charge in [-0.3, -0.25) is 0 Å². The fraction of sp³-hybridized carbons (Fsp3) is 0.286. The molecular formula is C14H13NO3. The van der Waals surface area contributed by atoms with E-state index >= 15 is 0 Å². The van der Waals surface area contributed by atoms with Crippen LogP contribution in [0.4, 0.5) is 0 Å². The molecule has 0 aliphatic heterocycles. The van der Waals surface area contributed by atoms with Crippen LogP contribution in [-0.2, 0) is 12.8 Å². The molecule has 2 aromatic rings. The van der Waals surface area contributed by atoms with E-state index in [0.717, 1.165) is 24.8 Å². The van der Waals surface area contributed by atoms with Gasteiger partial charge in [0.15, 0.2) is 0 Å². The van der Waals surface area contributed by atoms with E-state index in [2.05, 4.69) is 18.1 Å². The van der Waals surface area contributed by atoms with Crippen LogP contribution in [0.2, 0.25) is 0 Å². The molecule has 4 heteroatoms. The number of carboxylic acids is 1. The van der Waals surface area contributed by atoms with E-state index in [1.807, 2.05) is 6.07 Å². The predicted octanol–water partition coefficient (Wildman–Crippen LogP) is 2.84. The number of benzene rings is 1. The number of aromatic carboxylic acids is 1. The smallest absolute Gasteiger partial charge is 0.374 e. The quantitative estimate of drug-likeness (QED) is 0.880. The molecular weight excluding hydrogens is 230 g/mol. The summed E-state index contributed by atoms with van der Waals surface area (Å²) in [5.74, 6) is -1.20. The van der Waals surface area contributed by atoms with Gasteiger partial charge in [0.25, 0.3) is 0 Å². The van der Waals surface area contributed by atoms with Gasteiger partial charge in [0.2, 0.25) is 5.76 Å². The van der Waals surface area contributed by atoms with Crippen molar-refractivity contribution in [3.8, 4) is 11.3 Å². The molecule has 0 fully saturated rings. The van der Waals surface area contributed by atoms with E-state index in [9.17, 15) is 4.79 Å². The van der Waals surface area contributed by atoms with Crippen LogP contribution >= 0.6 is 0 Å². The van der Waals surface area contributed by atoms with E-state index in [1.165, 1.54) is 22.8 Å². The van der Waals surface area contributed by atoms with E-state index in [-0.39, 0.29) is 5.76 Å². The van der Waals surface area contributed by atoms with Gasteiger partial charge in [-0.25, -0.2) is 4.79 Å². The van der Waals surface area contributed by atoms with E-state index in [4.69, 9.17) is 9.63 Å². The minimum absolute atomic E-state index is 0.114. The third kappa shape index (κ3) is 1.61. The van der Waals surface area contributed by atoms with Crippen LogP contribution in [0.15, 0.2) is 22.7 Å². The molecule has 3 rings (SSSR count). The second-order valence-electron chi connectivity index (χ2n) is 4.62. The van der Waals surface area contributed by atoms with Crippen molar-refractivity contribution in [1.82, 2.24) is 5.16 Å². The van der Waals surface area contributed by atoms with Crippen LogP contribution in [0.3, 0.4) is 0 Å². The summed E-state index contributed by atoms with van der Waals surface area (Å²) in [5, 5.41) is 12.7. The Bertz CT molecular complexity index is 628. The van der Waals surface area contributed by atoms with Gasteiger partial charge >= 0.3 is 5.97 Å². The third-order valence-corrected chi connectivity index (χ3v) is 3.52. The lowest BCUT2D eigenvalue weighted by atomic mass is 9.97. The molecule has 0 amide bonds. The van der Waals surface area contributed by atoms with Crippen molar-refractivity contribution in [2.75, 3.05) is 0 Å². The second kappa shape index (κ2) is 3.98. The third-order valence-electron chi connectivity index (χ3n) is 3.52. The van der Waals surface area contributed by atoms with Gasteiger partial charge < -0.3 is 9.63 Å². The molecule has 0 radical (unpaired) electrons. The minimum atomic E-state index is -1.09. The first-order chi connectivity index (χ1) is 8.66. The van der Waals surface area contributed by atoms with E-state index in [1.54, 1.807) is 0 Å². The maximum absolute atomic E-state index is 10.8. The van der Waals surface area contributed by atoms with E-state index in [0.29, 0.717) is 5.69 Å². The normalized spacial score (nSPS) is 13.6. The molecule has 4 nitrogen and oxygen atoms in total. The van der Waals surface area contributed by atoms with Gasteiger partial charge in [-0.15, -0.1) is 0 Å². The number of aromatic nitrogens is 1. The van der Waals surface area contributed by atoms with Gasteiger partial charge in [0, 0.05) is 11.6 Å². The molecule has 1 N–H and O–H groups in total. The standard InChI is InChI=1S/C14H13NO3/c1-8-5-6-11(10-4-2-3-9(8)10)12-7-13(14(16)17)18-15-12/h5-7H,2-4H2,1H3,(H,16,17). The van der Waals surface area contributed by atoms with Crippen molar-refractivity contribution in [2.45, 2.75) is 26.2 Å². The Kier molecular flexibility index (Phi) is 2.44. The van der Waals surface area contributed by atoms with Crippen LogP contribution in [0.5, 0.6) is 0 Å². The highest BCUT2D eigenvalue weighted by molar-refractivity contribution is 5.86. The Morgan fingerprint density at radius 1 is 1.33 bits per heavy atom. The second-order valence-corrected chi connectivity index (χ2v) is 4.62. The molecule has 0 saturated carbocycles. The monoisotopic (exact) mass is 243 g/mol. The van der Waals surface area contributed by atoms with Gasteiger partial charge in [-0.05, 0) is 42.9 Å². The fourth-order valence-corrected chi connectivity index (χ4v) is 2.63. The highest BCUT2D eigenvalue weighted by Gasteiger charge is 2.20. The zero-order chi connectivity index (χ0) is 12.7. The molecule has 1 aromatic carbocycles. The Labute approximate surface area is 104 Å². The largest absolute Gasteiger partial charge is 0.475 e. The number of rotatable bonds is 2. The molecule has 0 bridgehead atoms. The lowest BCUT2D eigenvalue weighted by Crippen LogP contribution is -1.93. The minimum Gasteiger partial charge on any atom is -0.475 e. The zero-order valence-corrected chi connectivity index (χ0v) is 10.1. The molecule has 0 atom stereocenters. The fourth-order valence-electron chi connectivity index (χ4n) is 2.63. The van der Waals surface area contributed by atoms with Crippen LogP contribution in [0.1, 0.15) is 33.7 Å². The summed E-state index contributed by atoms with van der Waals surface area (Å²) in [6.07, 6.45) is 3.27. The number of fused-ring (bicyclic) bond motifs is 1. The molecule has 1 heterocycles. The number of carboxylic acid groups (broad SMARTS) is 1. The van der Waals surface area contributed by atoms with Crippen LogP contribution in [0.25, 0.3) is 11.3 Å². The summed E-state index contributed by atoms with van der Waals surface area (Å²) in [6.45, 7) is 2.11. The zero-order valence-electron chi connectivity index (χ0n) is 10.1. The average Bonchev–Trinajstić information content (AvgIpc) is 2.98. The van der Waals surface area contributed by atoms with Crippen molar-refractivity contribution in [2.24, 2.45) is 0 Å². The first-order valence-corrected chi connectivity index (χ1v) is 5.98. The van der Waals surface area contributed by atoms with Crippen molar-refractivity contribution in [1.29, 1.82) is 0 Å². The van der Waals surface area contributed by atoms with E-state index < -0.39 is 5.97 Å². The number of carbonyl (C=O) groups is 1. The number of hydrogen-bond donors (Lipinski definition) is 1. The van der Waals surface area contributed by atoms with Crippen LogP contribution < -0.4 is 0 Å². The molecule has 1 aliphatic rings. The molecule has 18 heavy (non-hydrogen) atoms. The Morgan fingerprint density at radius 3 is 2.83 bits per heavy atom. The van der Waals surface area contributed by atoms with Crippen molar-refractivity contribution >= 4 is 5.97 Å². The highest BCUT2D eigenvalue weighted by Crippen LogP contribution is 2.34. The topological polar surface area (TPSA) is 63.3 Å². The molecule has 0 spiro atoms. The van der Waals surface area contributed by atoms with Crippen molar-refractivity contribution < 1.29 is 14.4 Å². The summed E-state index contributed by atoms with van der Waals surface area (Å²) in [7, 11) is 0. The number of nitrogens with zero attached hydrogens (tertiary/aromatic N) is 1. The molecule has 1 aromatic heterocycles. The van der Waals surface area contributed by atoms with Crippen LogP contribution in [-0.4, -0.2) is 16.2 Å². The van der Waals surface area contributed by atoms with Crippen molar-refractivity contribution in [3.63, 3.8) is 0 Å². The Morgan fingerprint density at radius 2 is 2.11 bits per heavy atom. The number of aryl methyl sites for hydroxylation is 1. The average molecular weight is 243 g/mol. The Balaban J connectivity index is 2.12. The molecule has 1 aliphatic carbocycles. The lowest BCUT2D eigenvalue weighted by Gasteiger charge is -2.08. The first kappa shape index (κ1) is 11.0.